The van der Waals surface area contributed by atoms with Crippen LogP contribution in [0, 0.1) is 6.92 Å². The Balaban J connectivity index is 0.000000388. The van der Waals surface area contributed by atoms with Crippen LogP contribution < -0.4 is -0.342 Å². The van der Waals surface area contributed by atoms with E-state index < -0.39 is 33.7 Å². The van der Waals surface area contributed by atoms with Crippen LogP contribution in [-0.4, -0.2) is 89.3 Å². The zero-order valence-corrected chi connectivity index (χ0v) is 14.9. The average Bonchev–Trinajstić information content (AvgIpc) is 2.29. The van der Waals surface area contributed by atoms with Crippen molar-refractivity contribution in [3.8, 4) is 0 Å². The standard InChI is InChI=1S/C7H7.C4H6O7S.K/c1-7-5-3-2-4-6-7;5-3(6)1-2(4(7)8)12(9,10)11;/h2-5H,1H3;2H,1H2,(H,5,6)(H,7,8)(H,9,10,11);. The third-order valence-electron chi connectivity index (χ3n) is 2.42. The normalized spacial score (nSPS) is 12.0. The summed E-state index contributed by atoms with van der Waals surface area (Å²) >= 11 is 0.846. The fourth-order valence-electron chi connectivity index (χ4n) is 1.14. The van der Waals surface area contributed by atoms with Gasteiger partial charge in [-0.3, -0.25) is 14.1 Å². The Morgan fingerprint density at radius 1 is 1.25 bits per heavy atom. The maximum absolute atomic E-state index is 10.2. The number of carbonyl (C=O) groups is 2. The van der Waals surface area contributed by atoms with E-state index in [1.165, 1.54) is 5.56 Å². The quantitative estimate of drug-likeness (QED) is 0.506. The molecule has 0 aliphatic carbocycles. The molecule has 3 N–H and O–H groups in total. The van der Waals surface area contributed by atoms with Gasteiger partial charge in [0, 0.05) is 0 Å². The molecule has 7 nitrogen and oxygen atoms in total. The number of aliphatic carboxylic acids is 2. The molecule has 0 bridgehead atoms. The smallest absolute Gasteiger partial charge is 0.325 e. The second-order valence-electron chi connectivity index (χ2n) is 4.02. The summed E-state index contributed by atoms with van der Waals surface area (Å²) in [4.78, 5) is 20.0. The van der Waals surface area contributed by atoms with Gasteiger partial charge >= 0.3 is 97.3 Å². The predicted molar refractivity (Wildman–Crippen MR) is 71.8 cm³/mol. The number of hydrogen-bond donors (Lipinski definition) is 3. The molecule has 0 spiro atoms. The molecule has 0 saturated heterocycles. The van der Waals surface area contributed by atoms with E-state index in [1.807, 2.05) is 0 Å². The Morgan fingerprint density at radius 3 is 1.95 bits per heavy atom. The van der Waals surface area contributed by atoms with Crippen molar-refractivity contribution >= 4 is 70.7 Å². The van der Waals surface area contributed by atoms with Crippen LogP contribution in [0.5, 0.6) is 0 Å². The zero-order chi connectivity index (χ0) is 15.9. The fraction of sp³-hybridized carbons (Fsp3) is 0.273. The molecule has 0 aliphatic rings. The molecule has 106 valence electrons. The molecular formula is C11H13KO7S. The third kappa shape index (κ3) is 8.10. The van der Waals surface area contributed by atoms with Gasteiger partial charge in [-0.1, -0.05) is 0 Å². The van der Waals surface area contributed by atoms with Gasteiger partial charge in [0.1, 0.15) is 0 Å². The molecule has 1 atom stereocenters. The summed E-state index contributed by atoms with van der Waals surface area (Å²) in [6.07, 6.45) is -1.16. The monoisotopic (exact) mass is 328 g/mol. The molecule has 1 aromatic carbocycles. The molecule has 1 unspecified atom stereocenters. The van der Waals surface area contributed by atoms with E-state index in [9.17, 15) is 18.0 Å². The van der Waals surface area contributed by atoms with Gasteiger partial charge in [-0.15, -0.1) is 0 Å². The van der Waals surface area contributed by atoms with Crippen LogP contribution in [0.15, 0.2) is 24.3 Å². The van der Waals surface area contributed by atoms with Crippen molar-refractivity contribution in [1.29, 1.82) is 0 Å². The minimum atomic E-state index is -4.84. The minimum absolute atomic E-state index is 0.846. The number of benzene rings is 1. The number of carboxylic acids is 2. The van der Waals surface area contributed by atoms with E-state index in [2.05, 4.69) is 31.2 Å². The summed E-state index contributed by atoms with van der Waals surface area (Å²) in [7, 11) is -4.84. The van der Waals surface area contributed by atoms with Crippen LogP contribution in [-0.2, 0) is 19.7 Å². The number of aryl methyl sites for hydroxylation is 1. The van der Waals surface area contributed by atoms with Gasteiger partial charge in [-0.2, -0.15) is 8.42 Å². The number of hydrogen-bond acceptors (Lipinski definition) is 4. The van der Waals surface area contributed by atoms with Crippen LogP contribution in [0.2, 0.25) is 0 Å². The van der Waals surface area contributed by atoms with Crippen LogP contribution in [0.25, 0.3) is 0 Å². The van der Waals surface area contributed by atoms with E-state index in [-0.39, 0.29) is 0 Å². The van der Waals surface area contributed by atoms with Crippen LogP contribution in [0.1, 0.15) is 12.0 Å². The van der Waals surface area contributed by atoms with E-state index in [0.717, 1.165) is 49.0 Å². The molecule has 9 heteroatoms. The molecule has 0 aromatic heterocycles. The van der Waals surface area contributed by atoms with Gasteiger partial charge in [0.2, 0.25) is 0 Å². The summed E-state index contributed by atoms with van der Waals surface area (Å²) in [6, 6.07) is 8.56. The fourth-order valence-corrected chi connectivity index (χ4v) is 2.31. The average molecular weight is 328 g/mol. The predicted octanol–water partition coefficient (Wildman–Crippen LogP) is -0.409. The molecule has 0 aliphatic heterocycles. The Bertz CT molecular complexity index is 561. The first-order valence-electron chi connectivity index (χ1n) is 5.48. The Kier molecular flexibility index (Phi) is 8.74. The van der Waals surface area contributed by atoms with Crippen molar-refractivity contribution in [2.75, 3.05) is 0 Å². The zero-order valence-electron chi connectivity index (χ0n) is 11.0. The van der Waals surface area contributed by atoms with Crippen molar-refractivity contribution in [2.45, 2.75) is 18.6 Å². The van der Waals surface area contributed by atoms with Gasteiger partial charge in [-0.05, 0) is 0 Å². The Morgan fingerprint density at radius 2 is 1.75 bits per heavy atom. The largest absolute Gasteiger partial charge is 0.481 e. The molecule has 20 heavy (non-hydrogen) atoms. The first kappa shape index (κ1) is 19.7. The Hall–Kier alpha value is -0.294. The molecule has 0 saturated carbocycles. The second-order valence-corrected chi connectivity index (χ2v) is 7.31. The number of rotatable bonds is 4. The maximum Gasteiger partial charge on any atom is 0.325 e. The minimum Gasteiger partial charge on any atom is -0.481 e. The van der Waals surface area contributed by atoms with Crippen molar-refractivity contribution < 1.29 is 32.8 Å². The van der Waals surface area contributed by atoms with Crippen molar-refractivity contribution in [3.05, 3.63) is 29.8 Å². The SMILES string of the molecule is Cc1cccc[c]1[K].O=C(O)CC(C(=O)O)S(=O)(=O)O. The van der Waals surface area contributed by atoms with E-state index in [1.54, 1.807) is -0.342 Å². The van der Waals surface area contributed by atoms with Gasteiger partial charge in [-0.25, -0.2) is 0 Å². The first-order chi connectivity index (χ1) is 9.05. The van der Waals surface area contributed by atoms with E-state index >= 15 is 0 Å². The summed E-state index contributed by atoms with van der Waals surface area (Å²) in [6.45, 7) is 2.17. The van der Waals surface area contributed by atoms with Crippen LogP contribution in [0.3, 0.4) is 0 Å². The summed E-state index contributed by atoms with van der Waals surface area (Å²) in [5.41, 5.74) is 1.45. The van der Waals surface area contributed by atoms with Crippen molar-refractivity contribution in [1.82, 2.24) is 0 Å². The molecule has 0 amide bonds. The van der Waals surface area contributed by atoms with Crippen LogP contribution in [0.4, 0.5) is 0 Å². The molecule has 1 rings (SSSR count). The third-order valence-corrected chi connectivity index (χ3v) is 5.26. The van der Waals surface area contributed by atoms with Crippen LogP contribution >= 0.6 is 0 Å². The van der Waals surface area contributed by atoms with E-state index in [0.29, 0.717) is 0 Å². The first-order valence-corrected chi connectivity index (χ1v) is 8.55. The summed E-state index contributed by atoms with van der Waals surface area (Å²) in [5, 5.41) is 13.9. The van der Waals surface area contributed by atoms with Gasteiger partial charge in [0.25, 0.3) is 10.1 Å². The second kappa shape index (κ2) is 8.87. The van der Waals surface area contributed by atoms with E-state index in [4.69, 9.17) is 14.8 Å². The van der Waals surface area contributed by atoms with Gasteiger partial charge < -0.3 is 10.2 Å². The van der Waals surface area contributed by atoms with Crippen molar-refractivity contribution in [3.63, 3.8) is 0 Å². The number of carboxylic acid groups (broad SMARTS) is 2. The molecule has 0 fully saturated rings. The maximum atomic E-state index is 10.2. The van der Waals surface area contributed by atoms with Gasteiger partial charge in [0.15, 0.2) is 5.25 Å². The summed E-state index contributed by atoms with van der Waals surface area (Å²) in [5.74, 6) is -3.50. The topological polar surface area (TPSA) is 129 Å². The summed E-state index contributed by atoms with van der Waals surface area (Å²) < 4.78 is 30.2. The van der Waals surface area contributed by atoms with Gasteiger partial charge in [0.05, 0.1) is 6.42 Å². The van der Waals surface area contributed by atoms with Crippen molar-refractivity contribution in [2.24, 2.45) is 0 Å². The molecule has 1 aromatic rings. The Labute approximate surface area is 150 Å². The molecule has 0 heterocycles. The molecular weight excluding hydrogens is 315 g/mol. The molecule has 0 radical (unpaired) electrons.